The number of nitrogens with zero attached hydrogens (tertiary/aromatic N) is 1. The molecule has 10 heteroatoms. The van der Waals surface area contributed by atoms with Gasteiger partial charge in [-0.2, -0.15) is 0 Å². The van der Waals surface area contributed by atoms with Crippen molar-refractivity contribution in [3.05, 3.63) is 24.3 Å². The molecule has 1 saturated carbocycles. The maximum Gasteiger partial charge on any atom is 0.240 e. The Morgan fingerprint density at radius 2 is 1.50 bits per heavy atom. The molecule has 0 saturated heterocycles. The Kier molecular flexibility index (Phi) is 6.78. The molecule has 8 nitrogen and oxygen atoms in total. The van der Waals surface area contributed by atoms with Gasteiger partial charge in [-0.15, -0.1) is 0 Å². The molecule has 0 aliphatic heterocycles. The largest absolute Gasteiger partial charge is 0.343 e. The fraction of sp³-hybridized carbons (Fsp3) is 0.562. The highest BCUT2D eigenvalue weighted by molar-refractivity contribution is 7.90. The molecule has 2 rings (SSSR count). The van der Waals surface area contributed by atoms with Gasteiger partial charge in [0, 0.05) is 32.1 Å². The van der Waals surface area contributed by atoms with Crippen LogP contribution < -0.4 is 9.44 Å². The van der Waals surface area contributed by atoms with Gasteiger partial charge in [0.1, 0.15) is 0 Å². The second kappa shape index (κ2) is 8.47. The Balaban J connectivity index is 1.97. The van der Waals surface area contributed by atoms with Gasteiger partial charge >= 0.3 is 0 Å². The third-order valence-electron chi connectivity index (χ3n) is 4.09. The van der Waals surface area contributed by atoms with E-state index in [1.165, 1.54) is 24.3 Å². The van der Waals surface area contributed by atoms with Crippen molar-refractivity contribution in [3.63, 3.8) is 0 Å². The maximum absolute atomic E-state index is 12.3. The van der Waals surface area contributed by atoms with Gasteiger partial charge in [-0.05, 0) is 51.0 Å². The summed E-state index contributed by atoms with van der Waals surface area (Å²) >= 11 is 0. The van der Waals surface area contributed by atoms with Crippen molar-refractivity contribution < 1.29 is 21.6 Å². The summed E-state index contributed by atoms with van der Waals surface area (Å²) in [7, 11) is -7.42. The SMILES string of the molecule is CCN(CC)C(=O)CCNS(=O)(=O)c1ccc(S(=O)(=O)NC2CC2)cc1. The van der Waals surface area contributed by atoms with E-state index in [1.807, 2.05) is 13.8 Å². The summed E-state index contributed by atoms with van der Waals surface area (Å²) in [4.78, 5) is 13.5. The van der Waals surface area contributed by atoms with Gasteiger partial charge in [0.2, 0.25) is 26.0 Å². The quantitative estimate of drug-likeness (QED) is 0.596. The number of hydrogen-bond acceptors (Lipinski definition) is 5. The third-order valence-corrected chi connectivity index (χ3v) is 7.10. The number of hydrogen-bond donors (Lipinski definition) is 2. The van der Waals surface area contributed by atoms with Crippen LogP contribution in [-0.4, -0.2) is 53.3 Å². The number of sulfonamides is 2. The fourth-order valence-electron chi connectivity index (χ4n) is 2.40. The van der Waals surface area contributed by atoms with E-state index < -0.39 is 20.0 Å². The Hall–Kier alpha value is -1.49. The maximum atomic E-state index is 12.3. The van der Waals surface area contributed by atoms with Crippen LogP contribution in [0, 0.1) is 0 Å². The molecule has 1 aliphatic rings. The first-order valence-corrected chi connectivity index (χ1v) is 11.6. The number of carbonyl (C=O) groups excluding carboxylic acids is 1. The van der Waals surface area contributed by atoms with Crippen molar-refractivity contribution in [2.45, 2.75) is 48.9 Å². The number of amides is 1. The van der Waals surface area contributed by atoms with E-state index in [0.717, 1.165) is 12.8 Å². The lowest BCUT2D eigenvalue weighted by Gasteiger charge is -2.18. The lowest BCUT2D eigenvalue weighted by Crippen LogP contribution is -2.34. The molecule has 0 heterocycles. The fourth-order valence-corrected chi connectivity index (χ4v) is 4.73. The minimum Gasteiger partial charge on any atom is -0.343 e. The highest BCUT2D eigenvalue weighted by Gasteiger charge is 2.28. The number of nitrogens with one attached hydrogen (secondary N) is 2. The van der Waals surface area contributed by atoms with Crippen LogP contribution >= 0.6 is 0 Å². The number of rotatable bonds is 10. The van der Waals surface area contributed by atoms with Crippen molar-refractivity contribution in [3.8, 4) is 0 Å². The van der Waals surface area contributed by atoms with Crippen LogP contribution in [0.25, 0.3) is 0 Å². The molecule has 26 heavy (non-hydrogen) atoms. The molecular weight excluding hydrogens is 378 g/mol. The predicted molar refractivity (Wildman–Crippen MR) is 97.5 cm³/mol. The summed E-state index contributed by atoms with van der Waals surface area (Å²) in [5.74, 6) is -0.120. The van der Waals surface area contributed by atoms with Gasteiger partial charge in [0.15, 0.2) is 0 Å². The van der Waals surface area contributed by atoms with Gasteiger partial charge in [-0.3, -0.25) is 4.79 Å². The van der Waals surface area contributed by atoms with Gasteiger partial charge in [0.25, 0.3) is 0 Å². The van der Waals surface area contributed by atoms with E-state index in [0.29, 0.717) is 13.1 Å². The summed E-state index contributed by atoms with van der Waals surface area (Å²) in [6.07, 6.45) is 1.71. The average Bonchev–Trinajstić information content (AvgIpc) is 3.39. The average molecular weight is 404 g/mol. The molecule has 1 fully saturated rings. The normalized spacial score (nSPS) is 15.0. The zero-order valence-corrected chi connectivity index (χ0v) is 16.6. The molecule has 0 spiro atoms. The highest BCUT2D eigenvalue weighted by atomic mass is 32.2. The molecule has 0 unspecified atom stereocenters. The molecule has 0 atom stereocenters. The first-order chi connectivity index (χ1) is 12.2. The van der Waals surface area contributed by atoms with E-state index in [-0.39, 0.29) is 34.7 Å². The zero-order chi connectivity index (χ0) is 19.4. The monoisotopic (exact) mass is 403 g/mol. The minimum atomic E-state index is -3.80. The molecule has 0 aromatic heterocycles. The first kappa shape index (κ1) is 20.8. The topological polar surface area (TPSA) is 113 Å². The van der Waals surface area contributed by atoms with Gasteiger partial charge in [0.05, 0.1) is 9.79 Å². The second-order valence-electron chi connectivity index (χ2n) is 6.08. The van der Waals surface area contributed by atoms with Gasteiger partial charge in [-0.25, -0.2) is 26.3 Å². The molecule has 2 N–H and O–H groups in total. The molecule has 1 aliphatic carbocycles. The van der Waals surface area contributed by atoms with Crippen molar-refractivity contribution in [2.24, 2.45) is 0 Å². The highest BCUT2D eigenvalue weighted by Crippen LogP contribution is 2.22. The van der Waals surface area contributed by atoms with Crippen LogP contribution in [0.3, 0.4) is 0 Å². The van der Waals surface area contributed by atoms with Crippen LogP contribution in [0.4, 0.5) is 0 Å². The number of benzene rings is 1. The van der Waals surface area contributed by atoms with Crippen LogP contribution in [-0.2, 0) is 24.8 Å². The second-order valence-corrected chi connectivity index (χ2v) is 9.56. The lowest BCUT2D eigenvalue weighted by atomic mass is 10.3. The summed E-state index contributed by atoms with van der Waals surface area (Å²) < 4.78 is 53.6. The summed E-state index contributed by atoms with van der Waals surface area (Å²) in [6.45, 7) is 4.86. The van der Waals surface area contributed by atoms with Crippen LogP contribution in [0.1, 0.15) is 33.1 Å². The Labute approximate surface area is 155 Å². The summed E-state index contributed by atoms with van der Waals surface area (Å²) in [5, 5.41) is 0. The molecular formula is C16H25N3O5S2. The Morgan fingerprint density at radius 1 is 1.00 bits per heavy atom. The van der Waals surface area contributed by atoms with Crippen molar-refractivity contribution in [2.75, 3.05) is 19.6 Å². The molecule has 1 aromatic rings. The summed E-state index contributed by atoms with van der Waals surface area (Å²) in [5.41, 5.74) is 0. The first-order valence-electron chi connectivity index (χ1n) is 8.59. The van der Waals surface area contributed by atoms with E-state index in [1.54, 1.807) is 4.90 Å². The zero-order valence-electron chi connectivity index (χ0n) is 14.9. The van der Waals surface area contributed by atoms with E-state index >= 15 is 0 Å². The molecule has 0 bridgehead atoms. The van der Waals surface area contributed by atoms with Gasteiger partial charge < -0.3 is 4.90 Å². The Bertz CT molecular complexity index is 827. The Morgan fingerprint density at radius 3 is 1.96 bits per heavy atom. The van der Waals surface area contributed by atoms with Crippen LogP contribution in [0.15, 0.2) is 34.1 Å². The van der Waals surface area contributed by atoms with Crippen LogP contribution in [0.5, 0.6) is 0 Å². The minimum absolute atomic E-state index is 0.0129. The van der Waals surface area contributed by atoms with Crippen molar-refractivity contribution in [1.29, 1.82) is 0 Å². The smallest absolute Gasteiger partial charge is 0.240 e. The molecule has 1 amide bonds. The number of carbonyl (C=O) groups is 1. The lowest BCUT2D eigenvalue weighted by molar-refractivity contribution is -0.130. The van der Waals surface area contributed by atoms with Crippen molar-refractivity contribution >= 4 is 26.0 Å². The molecule has 146 valence electrons. The molecule has 0 radical (unpaired) electrons. The third kappa shape index (κ3) is 5.50. The summed E-state index contributed by atoms with van der Waals surface area (Å²) in [6, 6.07) is 5.00. The molecule has 1 aromatic carbocycles. The van der Waals surface area contributed by atoms with E-state index in [4.69, 9.17) is 0 Å². The van der Waals surface area contributed by atoms with E-state index in [2.05, 4.69) is 9.44 Å². The predicted octanol–water partition coefficient (Wildman–Crippen LogP) is 0.664. The van der Waals surface area contributed by atoms with Crippen molar-refractivity contribution in [1.82, 2.24) is 14.3 Å². The standard InChI is InChI=1S/C16H25N3O5S2/c1-3-19(4-2)16(20)11-12-17-25(21,22)14-7-9-15(10-8-14)26(23,24)18-13-5-6-13/h7-10,13,17-18H,3-6,11-12H2,1-2H3. The van der Waals surface area contributed by atoms with Crippen LogP contribution in [0.2, 0.25) is 0 Å². The van der Waals surface area contributed by atoms with E-state index in [9.17, 15) is 21.6 Å². The van der Waals surface area contributed by atoms with Gasteiger partial charge in [-0.1, -0.05) is 0 Å².